The number of nitrogens with one attached hydrogen (secondary N) is 2. The van der Waals surface area contributed by atoms with Crippen LogP contribution in [0.25, 0.3) is 17.3 Å². The number of ether oxygens (including phenoxy) is 1. The molecule has 2 N–H and O–H groups in total. The van der Waals surface area contributed by atoms with Gasteiger partial charge in [0, 0.05) is 24.5 Å². The molecule has 1 aromatic heterocycles. The molecule has 2 aliphatic rings. The third-order valence-electron chi connectivity index (χ3n) is 4.16. The Morgan fingerprint density at radius 1 is 1.21 bits per heavy atom. The highest BCUT2D eigenvalue weighted by Gasteiger charge is 2.14. The van der Waals surface area contributed by atoms with E-state index in [4.69, 9.17) is 4.74 Å². The van der Waals surface area contributed by atoms with Crippen LogP contribution in [0.1, 0.15) is 6.42 Å². The first-order valence-electron chi connectivity index (χ1n) is 8.37. The zero-order valence-corrected chi connectivity index (χ0v) is 13.5. The van der Waals surface area contributed by atoms with Crippen LogP contribution in [0.3, 0.4) is 0 Å². The van der Waals surface area contributed by atoms with Gasteiger partial charge >= 0.3 is 0 Å². The Balaban J connectivity index is 1.71. The molecule has 0 aliphatic carbocycles. The molecule has 0 radical (unpaired) electrons. The lowest BCUT2D eigenvalue weighted by atomic mass is 10.1. The van der Waals surface area contributed by atoms with Crippen molar-refractivity contribution in [3.63, 3.8) is 0 Å². The third kappa shape index (κ3) is 3.25. The van der Waals surface area contributed by atoms with E-state index in [1.807, 2.05) is 41.5 Å². The van der Waals surface area contributed by atoms with Crippen LogP contribution < -0.4 is 15.4 Å². The molecule has 24 heavy (non-hydrogen) atoms. The molecular formula is C18H21N5O. The van der Waals surface area contributed by atoms with Crippen molar-refractivity contribution in [2.45, 2.75) is 12.5 Å². The normalized spacial score (nSPS) is 20.6. The molecule has 1 atom stereocenters. The van der Waals surface area contributed by atoms with Crippen LogP contribution in [-0.2, 0) is 0 Å². The summed E-state index contributed by atoms with van der Waals surface area (Å²) in [5, 5.41) is 11.3. The van der Waals surface area contributed by atoms with E-state index in [-0.39, 0.29) is 6.04 Å². The SMILES string of the molecule is C1=Cn2ncc3c2N=CC1NCCCNCCOc1cccc-3c1. The smallest absolute Gasteiger partial charge is 0.162 e. The Kier molecular flexibility index (Phi) is 4.40. The van der Waals surface area contributed by atoms with Crippen molar-refractivity contribution in [1.82, 2.24) is 20.4 Å². The first kappa shape index (κ1) is 15.1. The van der Waals surface area contributed by atoms with Crippen molar-refractivity contribution in [2.24, 2.45) is 4.99 Å². The Labute approximate surface area is 141 Å². The Bertz CT molecular complexity index is 765. The molecule has 1 unspecified atom stereocenters. The highest BCUT2D eigenvalue weighted by atomic mass is 16.5. The van der Waals surface area contributed by atoms with Crippen molar-refractivity contribution in [3.05, 3.63) is 36.5 Å². The molecule has 6 heteroatoms. The van der Waals surface area contributed by atoms with Gasteiger partial charge in [-0.25, -0.2) is 9.67 Å². The van der Waals surface area contributed by atoms with Gasteiger partial charge in [-0.15, -0.1) is 0 Å². The summed E-state index contributed by atoms with van der Waals surface area (Å²) in [4.78, 5) is 4.67. The molecule has 2 aliphatic heterocycles. The number of fused-ring (bicyclic) bond motifs is 4. The number of nitrogens with zero attached hydrogens (tertiary/aromatic N) is 3. The van der Waals surface area contributed by atoms with Crippen molar-refractivity contribution >= 4 is 18.2 Å². The Morgan fingerprint density at radius 2 is 2.21 bits per heavy atom. The summed E-state index contributed by atoms with van der Waals surface area (Å²) in [7, 11) is 0. The maximum atomic E-state index is 5.85. The second-order valence-electron chi connectivity index (χ2n) is 5.91. The van der Waals surface area contributed by atoms with Crippen LogP contribution in [0.5, 0.6) is 5.75 Å². The number of hydrogen-bond acceptors (Lipinski definition) is 5. The molecule has 4 rings (SSSR count). The van der Waals surface area contributed by atoms with E-state index in [2.05, 4.69) is 32.9 Å². The maximum absolute atomic E-state index is 5.85. The maximum Gasteiger partial charge on any atom is 0.162 e. The monoisotopic (exact) mass is 323 g/mol. The molecule has 4 bridgehead atoms. The number of aromatic nitrogens is 2. The molecule has 3 heterocycles. The molecule has 1 aromatic carbocycles. The van der Waals surface area contributed by atoms with Gasteiger partial charge < -0.3 is 15.4 Å². The van der Waals surface area contributed by atoms with Crippen molar-refractivity contribution in [2.75, 3.05) is 26.2 Å². The quantitative estimate of drug-likeness (QED) is 0.779. The summed E-state index contributed by atoms with van der Waals surface area (Å²) >= 11 is 0. The minimum absolute atomic E-state index is 0.127. The van der Waals surface area contributed by atoms with Gasteiger partial charge in [-0.2, -0.15) is 5.10 Å². The molecule has 0 amide bonds. The third-order valence-corrected chi connectivity index (χ3v) is 4.16. The van der Waals surface area contributed by atoms with E-state index in [1.165, 1.54) is 0 Å². The molecule has 0 saturated heterocycles. The molecule has 2 aromatic rings. The first-order valence-corrected chi connectivity index (χ1v) is 8.37. The molecular weight excluding hydrogens is 302 g/mol. The van der Waals surface area contributed by atoms with E-state index in [9.17, 15) is 0 Å². The molecule has 124 valence electrons. The largest absolute Gasteiger partial charge is 0.492 e. The Morgan fingerprint density at radius 3 is 3.21 bits per heavy atom. The highest BCUT2D eigenvalue weighted by molar-refractivity contribution is 5.81. The van der Waals surface area contributed by atoms with E-state index in [1.54, 1.807) is 0 Å². The average molecular weight is 323 g/mol. The molecule has 6 nitrogen and oxygen atoms in total. The van der Waals surface area contributed by atoms with Crippen LogP contribution in [-0.4, -0.2) is 48.3 Å². The average Bonchev–Trinajstić information content (AvgIpc) is 2.91. The number of rotatable bonds is 0. The number of hydrogen-bond donors (Lipinski definition) is 2. The summed E-state index contributed by atoms with van der Waals surface area (Å²) in [5.41, 5.74) is 2.07. The fourth-order valence-corrected chi connectivity index (χ4v) is 2.89. The van der Waals surface area contributed by atoms with E-state index in [0.717, 1.165) is 48.7 Å². The minimum Gasteiger partial charge on any atom is -0.492 e. The van der Waals surface area contributed by atoms with Gasteiger partial charge in [0.2, 0.25) is 0 Å². The number of aliphatic imine (C=N–C) groups is 1. The van der Waals surface area contributed by atoms with Gasteiger partial charge in [0.05, 0.1) is 12.2 Å². The van der Waals surface area contributed by atoms with Gasteiger partial charge in [-0.1, -0.05) is 12.1 Å². The number of benzene rings is 1. The fourth-order valence-electron chi connectivity index (χ4n) is 2.89. The van der Waals surface area contributed by atoms with Crippen LogP contribution in [0.4, 0.5) is 5.82 Å². The van der Waals surface area contributed by atoms with Crippen LogP contribution >= 0.6 is 0 Å². The summed E-state index contributed by atoms with van der Waals surface area (Å²) in [6.07, 6.45) is 8.92. The van der Waals surface area contributed by atoms with Gasteiger partial charge in [0.25, 0.3) is 0 Å². The predicted octanol–water partition coefficient (Wildman–Crippen LogP) is 2.07. The van der Waals surface area contributed by atoms with E-state index < -0.39 is 0 Å². The summed E-state index contributed by atoms with van der Waals surface area (Å²) in [5.74, 6) is 1.72. The highest BCUT2D eigenvalue weighted by Crippen LogP contribution is 2.33. The van der Waals surface area contributed by atoms with Crippen LogP contribution in [0, 0.1) is 0 Å². The van der Waals surface area contributed by atoms with Gasteiger partial charge in [-0.05, 0) is 43.3 Å². The molecule has 0 fully saturated rings. The summed E-state index contributed by atoms with van der Waals surface area (Å²) < 4.78 is 7.67. The lowest BCUT2D eigenvalue weighted by Gasteiger charge is -2.11. The molecule has 0 saturated carbocycles. The molecule has 0 spiro atoms. The van der Waals surface area contributed by atoms with E-state index in [0.29, 0.717) is 6.61 Å². The van der Waals surface area contributed by atoms with Gasteiger partial charge in [0.1, 0.15) is 12.4 Å². The van der Waals surface area contributed by atoms with Crippen molar-refractivity contribution < 1.29 is 4.74 Å². The second kappa shape index (κ2) is 6.98. The zero-order valence-electron chi connectivity index (χ0n) is 13.5. The van der Waals surface area contributed by atoms with Crippen LogP contribution in [0.15, 0.2) is 41.5 Å². The van der Waals surface area contributed by atoms with Gasteiger partial charge in [-0.3, -0.25) is 0 Å². The fraction of sp³-hybridized carbons (Fsp3) is 0.333. The lowest BCUT2D eigenvalue weighted by Crippen LogP contribution is -2.31. The lowest BCUT2D eigenvalue weighted by molar-refractivity contribution is 0.314. The summed E-state index contributed by atoms with van der Waals surface area (Å²) in [6, 6.07) is 8.22. The predicted molar refractivity (Wildman–Crippen MR) is 95.9 cm³/mol. The first-order chi connectivity index (χ1) is 11.9. The van der Waals surface area contributed by atoms with Crippen LogP contribution in [0.2, 0.25) is 0 Å². The van der Waals surface area contributed by atoms with Gasteiger partial charge in [0.15, 0.2) is 5.82 Å². The summed E-state index contributed by atoms with van der Waals surface area (Å²) in [6.45, 7) is 3.41. The van der Waals surface area contributed by atoms with E-state index >= 15 is 0 Å². The van der Waals surface area contributed by atoms with Crippen molar-refractivity contribution in [1.29, 1.82) is 0 Å². The Hall–Kier alpha value is -2.44. The standard InChI is InChI=1S/C18H21N5O/c1-3-14-11-16(4-1)24-10-8-19-6-2-7-20-15-5-9-23-18(21-12-15)17(14)13-22-23/h1,3-5,9,11-13,15,19-20H,2,6-8,10H2. The van der Waals surface area contributed by atoms with Crippen molar-refractivity contribution in [3.8, 4) is 16.9 Å². The zero-order chi connectivity index (χ0) is 16.2. The topological polar surface area (TPSA) is 63.5 Å². The minimum atomic E-state index is 0.127. The second-order valence-corrected chi connectivity index (χ2v) is 5.91.